The molecule has 0 saturated heterocycles. The van der Waals surface area contributed by atoms with Crippen LogP contribution in [0.4, 0.5) is 0 Å². The van der Waals surface area contributed by atoms with Crippen LogP contribution in [-0.4, -0.2) is 11.1 Å². The Hall–Kier alpha value is 0.150. The number of nitrogens with one attached hydrogen (secondary N) is 1. The van der Waals surface area contributed by atoms with E-state index in [2.05, 4.69) is 0 Å². The monoisotopic (exact) mass is 136 g/mol. The molecule has 1 unspecified atom stereocenters. The third-order valence-electron chi connectivity index (χ3n) is 0.815. The maximum atomic E-state index is 10.2. The third kappa shape index (κ3) is 6.15. The molecule has 4 heteroatoms. The number of hydrogen-bond donors (Lipinski definition) is 1. The number of hydrogen-bond acceptors (Lipinski definition) is 1. The van der Waals surface area contributed by atoms with Gasteiger partial charge in [0, 0.05) is 6.16 Å². The van der Waals surface area contributed by atoms with Gasteiger partial charge in [-0.05, 0) is 6.42 Å². The van der Waals surface area contributed by atoms with Gasteiger partial charge >= 0.3 is 0 Å². The largest absolute Gasteiger partial charge is 0.595 e. The van der Waals surface area contributed by atoms with Gasteiger partial charge in [-0.25, -0.2) is 0 Å². The van der Waals surface area contributed by atoms with E-state index in [1.807, 2.05) is 6.92 Å². The molecule has 0 amide bonds. The van der Waals surface area contributed by atoms with Crippen molar-refractivity contribution < 1.29 is 9.46 Å². The maximum absolute atomic E-state index is 10.2. The summed E-state index contributed by atoms with van der Waals surface area (Å²) in [5.74, 6) is 0. The second-order valence-corrected chi connectivity index (χ2v) is 3.63. The van der Waals surface area contributed by atoms with Crippen molar-refractivity contribution >= 4 is 7.52 Å². The molecule has 0 fully saturated rings. The molecule has 0 bridgehead atoms. The van der Waals surface area contributed by atoms with Gasteiger partial charge in [-0.2, -0.15) is 0 Å². The Bertz CT molecular complexity index is 98.2. The molecular formula is C4H11NO2P-. The zero-order valence-electron chi connectivity index (χ0n) is 4.92. The van der Waals surface area contributed by atoms with E-state index in [9.17, 15) is 4.57 Å². The molecule has 0 aromatic heterocycles. The first-order valence-corrected chi connectivity index (χ1v) is 4.47. The minimum atomic E-state index is -3.43. The Morgan fingerprint density at radius 3 is 2.38 bits per heavy atom. The molecule has 3 nitrogen and oxygen atoms in total. The molecule has 0 aliphatic carbocycles. The van der Waals surface area contributed by atoms with Crippen molar-refractivity contribution in [3.63, 3.8) is 0 Å². The minimum Gasteiger partial charge on any atom is -0.595 e. The maximum Gasteiger partial charge on any atom is 0.109 e. The Morgan fingerprint density at radius 2 is 2.25 bits per heavy atom. The van der Waals surface area contributed by atoms with Crippen molar-refractivity contribution in [3.05, 3.63) is 5.50 Å². The first-order valence-electron chi connectivity index (χ1n) is 2.63. The van der Waals surface area contributed by atoms with Crippen LogP contribution in [0, 0.1) is 0 Å². The van der Waals surface area contributed by atoms with Crippen LogP contribution < -0.4 is 0 Å². The molecule has 1 atom stereocenters. The summed E-state index contributed by atoms with van der Waals surface area (Å²) in [6.07, 6.45) is 1.70. The molecule has 0 heterocycles. The molecule has 0 spiro atoms. The van der Waals surface area contributed by atoms with Gasteiger partial charge in [0.05, 0.1) is 0 Å². The van der Waals surface area contributed by atoms with Gasteiger partial charge < -0.3 is 15.0 Å². The molecule has 0 aliphatic heterocycles. The Morgan fingerprint density at radius 1 is 1.75 bits per heavy atom. The van der Waals surface area contributed by atoms with E-state index in [1.165, 1.54) is 0 Å². The Labute approximate surface area is 49.4 Å². The molecule has 50 valence electrons. The van der Waals surface area contributed by atoms with Gasteiger partial charge in [-0.15, -0.1) is 0 Å². The molecule has 0 aliphatic rings. The van der Waals surface area contributed by atoms with Crippen molar-refractivity contribution in [3.8, 4) is 0 Å². The quantitative estimate of drug-likeness (QED) is 0.603. The standard InChI is InChI=1S/C4H11NO2P/c1-2-3-4-8(5,6)7/h2-4H2,1H3,(H2-,5,6,7)/q-1. The van der Waals surface area contributed by atoms with Gasteiger partial charge in [0.2, 0.25) is 0 Å². The van der Waals surface area contributed by atoms with Crippen molar-refractivity contribution in [2.24, 2.45) is 0 Å². The third-order valence-corrected chi connectivity index (χ3v) is 1.74. The van der Waals surface area contributed by atoms with Crippen LogP contribution in [-0.2, 0) is 4.57 Å². The first kappa shape index (κ1) is 8.15. The highest BCUT2D eigenvalue weighted by Gasteiger charge is 1.97. The van der Waals surface area contributed by atoms with Crippen LogP contribution in [0.1, 0.15) is 19.8 Å². The lowest BCUT2D eigenvalue weighted by atomic mass is 10.4. The molecule has 0 aromatic rings. The summed E-state index contributed by atoms with van der Waals surface area (Å²) in [6, 6.07) is 0. The molecule has 8 heavy (non-hydrogen) atoms. The van der Waals surface area contributed by atoms with Crippen LogP contribution in [0.25, 0.3) is 5.50 Å². The van der Waals surface area contributed by atoms with Crippen LogP contribution in [0.5, 0.6) is 0 Å². The van der Waals surface area contributed by atoms with Crippen LogP contribution in [0.3, 0.4) is 0 Å². The Balaban J connectivity index is 3.26. The highest BCUT2D eigenvalue weighted by molar-refractivity contribution is 7.59. The number of unbranched alkanes of at least 4 members (excludes halogenated alkanes) is 1. The van der Waals surface area contributed by atoms with Crippen molar-refractivity contribution in [1.82, 2.24) is 0 Å². The fourth-order valence-corrected chi connectivity index (χ4v) is 1.12. The average Bonchev–Trinajstić information content (AvgIpc) is 1.59. The predicted octanol–water partition coefficient (Wildman–Crippen LogP) is 2.02. The lowest BCUT2D eigenvalue weighted by Gasteiger charge is -2.11. The zero-order valence-corrected chi connectivity index (χ0v) is 5.82. The summed E-state index contributed by atoms with van der Waals surface area (Å²) in [6.45, 7) is 1.93. The van der Waals surface area contributed by atoms with Crippen molar-refractivity contribution in [2.45, 2.75) is 19.8 Å². The average molecular weight is 136 g/mol. The molecule has 2 N–H and O–H groups in total. The lowest BCUT2D eigenvalue weighted by molar-refractivity contribution is 0.486. The number of rotatable bonds is 3. The summed E-state index contributed by atoms with van der Waals surface area (Å²) >= 11 is 0. The van der Waals surface area contributed by atoms with E-state index in [1.54, 1.807) is 0 Å². The smallest absolute Gasteiger partial charge is 0.109 e. The zero-order chi connectivity index (χ0) is 6.62. The van der Waals surface area contributed by atoms with Crippen LogP contribution >= 0.6 is 7.52 Å². The van der Waals surface area contributed by atoms with Gasteiger partial charge in [0.1, 0.15) is 7.52 Å². The topological polar surface area (TPSA) is 61.1 Å². The van der Waals surface area contributed by atoms with E-state index in [0.717, 1.165) is 6.42 Å². The summed E-state index contributed by atoms with van der Waals surface area (Å²) in [5, 5.41) is 0. The normalized spacial score (nSPS) is 17.9. The fraction of sp³-hybridized carbons (Fsp3) is 1.00. The molecule has 0 aromatic carbocycles. The van der Waals surface area contributed by atoms with Crippen LogP contribution in [0.15, 0.2) is 0 Å². The lowest BCUT2D eigenvalue weighted by Crippen LogP contribution is -1.81. The summed E-state index contributed by atoms with van der Waals surface area (Å²) in [7, 11) is -3.43. The summed E-state index contributed by atoms with van der Waals surface area (Å²) in [5.41, 5.74) is 6.55. The summed E-state index contributed by atoms with van der Waals surface area (Å²) in [4.78, 5) is 8.37. The van der Waals surface area contributed by atoms with E-state index >= 15 is 0 Å². The van der Waals surface area contributed by atoms with E-state index in [4.69, 9.17) is 10.4 Å². The molecule has 0 radical (unpaired) electrons. The fourth-order valence-electron chi connectivity index (χ4n) is 0.372. The Kier molecular flexibility index (Phi) is 3.29. The highest BCUT2D eigenvalue weighted by atomic mass is 31.2. The highest BCUT2D eigenvalue weighted by Crippen LogP contribution is 2.40. The van der Waals surface area contributed by atoms with Crippen molar-refractivity contribution in [1.29, 1.82) is 0 Å². The van der Waals surface area contributed by atoms with E-state index in [-0.39, 0.29) is 6.16 Å². The molecule has 0 rings (SSSR count). The van der Waals surface area contributed by atoms with Crippen molar-refractivity contribution in [2.75, 3.05) is 6.16 Å². The molecular weight excluding hydrogens is 125 g/mol. The van der Waals surface area contributed by atoms with Gasteiger partial charge in [0.25, 0.3) is 0 Å². The van der Waals surface area contributed by atoms with Gasteiger partial charge in [-0.3, -0.25) is 0 Å². The second-order valence-electron chi connectivity index (χ2n) is 1.78. The summed E-state index contributed by atoms with van der Waals surface area (Å²) < 4.78 is 10.2. The SMILES string of the molecule is CCCCP([NH-])(=O)O. The first-order chi connectivity index (χ1) is 3.56. The van der Waals surface area contributed by atoms with E-state index in [0.29, 0.717) is 6.42 Å². The van der Waals surface area contributed by atoms with Crippen LogP contribution in [0.2, 0.25) is 0 Å². The predicted molar refractivity (Wildman–Crippen MR) is 33.9 cm³/mol. The van der Waals surface area contributed by atoms with E-state index < -0.39 is 7.52 Å². The minimum absolute atomic E-state index is 0.142. The molecule has 0 saturated carbocycles. The van der Waals surface area contributed by atoms with Gasteiger partial charge in [0.15, 0.2) is 0 Å². The second kappa shape index (κ2) is 3.23. The van der Waals surface area contributed by atoms with Gasteiger partial charge in [-0.1, -0.05) is 13.3 Å².